The summed E-state index contributed by atoms with van der Waals surface area (Å²) < 4.78 is 5.50. The molecule has 7 heteroatoms. The van der Waals surface area contributed by atoms with Gasteiger partial charge in [-0.3, -0.25) is 4.79 Å². The predicted octanol–water partition coefficient (Wildman–Crippen LogP) is 4.65. The van der Waals surface area contributed by atoms with Crippen molar-refractivity contribution in [2.24, 2.45) is 5.41 Å². The quantitative estimate of drug-likeness (QED) is 0.244. The van der Waals surface area contributed by atoms with Crippen molar-refractivity contribution >= 4 is 17.1 Å². The van der Waals surface area contributed by atoms with Gasteiger partial charge in [-0.05, 0) is 112 Å². The molecule has 2 aliphatic carbocycles. The summed E-state index contributed by atoms with van der Waals surface area (Å²) >= 11 is 0. The molecule has 1 aromatic carbocycles. The van der Waals surface area contributed by atoms with E-state index < -0.39 is 35.8 Å². The lowest BCUT2D eigenvalue weighted by molar-refractivity contribution is -0.147. The molecule has 0 saturated carbocycles. The second kappa shape index (κ2) is 12.7. The van der Waals surface area contributed by atoms with E-state index in [0.717, 1.165) is 18.4 Å². The molecule has 0 fully saturated rings. The number of aliphatic hydroxyl groups excluding tert-OH is 4. The van der Waals surface area contributed by atoms with E-state index in [2.05, 4.69) is 0 Å². The van der Waals surface area contributed by atoms with Gasteiger partial charge in [-0.15, -0.1) is 0 Å². The molecule has 5 N–H and O–H groups in total. The number of aliphatic carboxylic acids is 1. The molecule has 0 bridgehead atoms. The van der Waals surface area contributed by atoms with Crippen LogP contribution in [0.1, 0.15) is 77.3 Å². The van der Waals surface area contributed by atoms with E-state index in [-0.39, 0.29) is 5.60 Å². The Kier molecular flexibility index (Phi) is 10.1. The third-order valence-electron chi connectivity index (χ3n) is 7.95. The Hall–Kier alpha value is -2.55. The summed E-state index contributed by atoms with van der Waals surface area (Å²) in [5, 5.41) is 53.3. The first-order valence-electron chi connectivity index (χ1n) is 13.7. The fourth-order valence-electron chi connectivity index (χ4n) is 5.23. The van der Waals surface area contributed by atoms with Gasteiger partial charge in [0.2, 0.25) is 0 Å². The highest BCUT2D eigenvalue weighted by Gasteiger charge is 2.31. The van der Waals surface area contributed by atoms with Gasteiger partial charge in [-0.2, -0.15) is 0 Å². The van der Waals surface area contributed by atoms with Crippen molar-refractivity contribution in [1.82, 2.24) is 0 Å². The van der Waals surface area contributed by atoms with Crippen LogP contribution in [0.25, 0.3) is 11.1 Å². The van der Waals surface area contributed by atoms with Gasteiger partial charge in [0.1, 0.15) is 12.2 Å². The molecule has 1 aromatic rings. The number of rotatable bonds is 12. The molecule has 0 aromatic heterocycles. The van der Waals surface area contributed by atoms with Crippen LogP contribution in [0.2, 0.25) is 0 Å². The first-order chi connectivity index (χ1) is 18.3. The summed E-state index contributed by atoms with van der Waals surface area (Å²) in [5.41, 5.74) is 2.65. The van der Waals surface area contributed by atoms with Crippen LogP contribution in [-0.2, 0) is 9.53 Å². The second-order valence-corrected chi connectivity index (χ2v) is 11.9. The number of methoxy groups -OCH3 is 1. The third-order valence-corrected chi connectivity index (χ3v) is 7.95. The minimum Gasteiger partial charge on any atom is -0.481 e. The number of carbonyl (C=O) groups is 1. The highest BCUT2D eigenvalue weighted by atomic mass is 16.5. The lowest BCUT2D eigenvalue weighted by Gasteiger charge is -2.30. The van der Waals surface area contributed by atoms with Crippen LogP contribution < -0.4 is 0 Å². The maximum atomic E-state index is 11.5. The van der Waals surface area contributed by atoms with Crippen LogP contribution in [0.5, 0.6) is 0 Å². The molecule has 0 amide bonds. The number of aliphatic hydroxyl groups is 4. The molecule has 0 radical (unpaired) electrons. The zero-order valence-electron chi connectivity index (χ0n) is 23.7. The summed E-state index contributed by atoms with van der Waals surface area (Å²) in [6.45, 7) is 7.39. The fourth-order valence-corrected chi connectivity index (χ4v) is 5.23. The Morgan fingerprint density at radius 1 is 0.769 bits per heavy atom. The van der Waals surface area contributed by atoms with Crippen LogP contribution in [0.3, 0.4) is 0 Å². The van der Waals surface area contributed by atoms with Gasteiger partial charge in [-0.1, -0.05) is 36.4 Å². The predicted molar refractivity (Wildman–Crippen MR) is 153 cm³/mol. The van der Waals surface area contributed by atoms with Crippen LogP contribution in [0.15, 0.2) is 59.7 Å². The monoisotopic (exact) mass is 540 g/mol. The highest BCUT2D eigenvalue weighted by molar-refractivity contribution is 5.86. The Labute approximate surface area is 231 Å². The maximum absolute atomic E-state index is 11.5. The molecule has 39 heavy (non-hydrogen) atoms. The number of ether oxygens (including phenoxy) is 1. The van der Waals surface area contributed by atoms with E-state index in [9.17, 15) is 30.3 Å². The van der Waals surface area contributed by atoms with Gasteiger partial charge >= 0.3 is 5.97 Å². The molecule has 4 atom stereocenters. The van der Waals surface area contributed by atoms with Crippen molar-refractivity contribution in [2.75, 3.05) is 7.11 Å². The minimum atomic E-state index is -0.986. The molecule has 4 unspecified atom stereocenters. The number of hydrogen-bond donors (Lipinski definition) is 5. The Bertz CT molecular complexity index is 1150. The summed E-state index contributed by atoms with van der Waals surface area (Å²) in [6.07, 6.45) is 6.49. The first kappa shape index (κ1) is 31.0. The van der Waals surface area contributed by atoms with Gasteiger partial charge in [0.25, 0.3) is 0 Å². The lowest BCUT2D eigenvalue weighted by atomic mass is 9.79. The van der Waals surface area contributed by atoms with Crippen LogP contribution in [0.4, 0.5) is 0 Å². The molecule has 0 aliphatic heterocycles. The number of benzene rings is 1. The van der Waals surface area contributed by atoms with E-state index in [4.69, 9.17) is 4.74 Å². The zero-order valence-corrected chi connectivity index (χ0v) is 23.7. The Morgan fingerprint density at radius 2 is 1.21 bits per heavy atom. The normalized spacial score (nSPS) is 24.0. The Balaban J connectivity index is 1.82. The van der Waals surface area contributed by atoms with E-state index in [1.807, 2.05) is 38.1 Å². The molecule has 3 rings (SSSR count). The van der Waals surface area contributed by atoms with Gasteiger partial charge in [-0.25, -0.2) is 0 Å². The maximum Gasteiger partial charge on any atom is 0.309 e. The molecule has 0 spiro atoms. The summed E-state index contributed by atoms with van der Waals surface area (Å²) in [5.74, 6) is -0.868. The number of carboxylic acids is 1. The molecular formula is C32H44O7. The van der Waals surface area contributed by atoms with Crippen molar-refractivity contribution in [3.8, 4) is 0 Å². The average molecular weight is 541 g/mol. The molecule has 0 heterocycles. The Morgan fingerprint density at radius 3 is 1.62 bits per heavy atom. The van der Waals surface area contributed by atoms with E-state index in [1.54, 1.807) is 45.3 Å². The average Bonchev–Trinajstić information content (AvgIpc) is 2.87. The van der Waals surface area contributed by atoms with Crippen molar-refractivity contribution in [1.29, 1.82) is 0 Å². The fraction of sp³-hybridized carbons (Fsp3) is 0.531. The summed E-state index contributed by atoms with van der Waals surface area (Å²) in [6, 6.07) is 7.37. The second-order valence-electron chi connectivity index (χ2n) is 11.9. The summed E-state index contributed by atoms with van der Waals surface area (Å²) in [4.78, 5) is 11.5. The van der Waals surface area contributed by atoms with Gasteiger partial charge in [0.05, 0.1) is 23.2 Å². The smallest absolute Gasteiger partial charge is 0.309 e. The summed E-state index contributed by atoms with van der Waals surface area (Å²) in [7, 11) is 1.68. The van der Waals surface area contributed by atoms with Crippen molar-refractivity contribution in [3.05, 3.63) is 70.8 Å². The standard InChI is InChI=1S/C32H44O7/c1-31(2,30(37)38)14-8-10-20-16-22(33)18-26(28(20)35)24-12-6-7-13-25(24)27-19-23(34)17-21(29(27)36)11-9-15-32(3,4)39-5/h6-7,12-13,16-19,22-23,28-29,33-36H,8-11,14-15H2,1-5H3,(H,37,38). The number of carboxylic acid groups (broad SMARTS) is 1. The van der Waals surface area contributed by atoms with Gasteiger partial charge < -0.3 is 30.3 Å². The van der Waals surface area contributed by atoms with E-state index in [1.165, 1.54) is 0 Å². The lowest BCUT2D eigenvalue weighted by Crippen LogP contribution is -2.26. The third kappa shape index (κ3) is 7.77. The zero-order chi connectivity index (χ0) is 29.0. The largest absolute Gasteiger partial charge is 0.481 e. The molecule has 214 valence electrons. The van der Waals surface area contributed by atoms with Gasteiger partial charge in [0, 0.05) is 7.11 Å². The van der Waals surface area contributed by atoms with Gasteiger partial charge in [0.15, 0.2) is 0 Å². The van der Waals surface area contributed by atoms with Crippen LogP contribution >= 0.6 is 0 Å². The molecule has 7 nitrogen and oxygen atoms in total. The van der Waals surface area contributed by atoms with Crippen molar-refractivity contribution < 1.29 is 35.1 Å². The minimum absolute atomic E-state index is 0.275. The van der Waals surface area contributed by atoms with E-state index >= 15 is 0 Å². The first-order valence-corrected chi connectivity index (χ1v) is 13.7. The topological polar surface area (TPSA) is 127 Å². The van der Waals surface area contributed by atoms with Crippen molar-refractivity contribution in [3.63, 3.8) is 0 Å². The van der Waals surface area contributed by atoms with E-state index in [0.29, 0.717) is 53.5 Å². The van der Waals surface area contributed by atoms with Crippen molar-refractivity contribution in [2.45, 2.75) is 96.2 Å². The highest BCUT2D eigenvalue weighted by Crippen LogP contribution is 2.39. The molecular weight excluding hydrogens is 496 g/mol. The SMILES string of the molecule is COC(C)(C)CCCC1=CC(O)C=C(c2ccccc2C2=CC(O)C=C(CCCC(C)(C)C(=O)O)C2O)C1O. The number of hydrogen-bond acceptors (Lipinski definition) is 6. The van der Waals surface area contributed by atoms with Crippen LogP contribution in [-0.4, -0.2) is 68.6 Å². The molecule has 0 saturated heterocycles. The van der Waals surface area contributed by atoms with Crippen LogP contribution in [0, 0.1) is 5.41 Å². The molecule has 2 aliphatic rings.